The molecule has 0 fully saturated rings. The minimum Gasteiger partial charge on any atom is -0.398 e. The molecule has 0 spiro atoms. The third-order valence-corrected chi connectivity index (χ3v) is 3.83. The van der Waals surface area contributed by atoms with E-state index in [1.165, 1.54) is 5.56 Å². The van der Waals surface area contributed by atoms with E-state index in [4.69, 9.17) is 10.7 Å². The summed E-state index contributed by atoms with van der Waals surface area (Å²) >= 11 is 0. The molecule has 0 unspecified atom stereocenters. The summed E-state index contributed by atoms with van der Waals surface area (Å²) in [5.41, 5.74) is 13.3. The highest BCUT2D eigenvalue weighted by molar-refractivity contribution is 5.95. The number of nitrogens with zero attached hydrogens (tertiary/aromatic N) is 2. The molecule has 0 radical (unpaired) electrons. The van der Waals surface area contributed by atoms with E-state index in [1.54, 1.807) is 6.20 Å². The fraction of sp³-hybridized carbons (Fsp3) is 0.158. The van der Waals surface area contributed by atoms with Crippen LogP contribution in [0.4, 0.5) is 0 Å². The molecule has 3 nitrogen and oxygen atoms in total. The van der Waals surface area contributed by atoms with E-state index in [9.17, 15) is 0 Å². The first kappa shape index (κ1) is 14.3. The van der Waals surface area contributed by atoms with Gasteiger partial charge in [0.1, 0.15) is 0 Å². The van der Waals surface area contributed by atoms with E-state index in [0.29, 0.717) is 0 Å². The number of hydrogen-bond acceptors (Lipinski definition) is 3. The molecule has 0 amide bonds. The second-order valence-corrected chi connectivity index (χ2v) is 5.52. The fourth-order valence-electron chi connectivity index (χ4n) is 2.74. The summed E-state index contributed by atoms with van der Waals surface area (Å²) in [4.78, 5) is 9.03. The van der Waals surface area contributed by atoms with Crippen molar-refractivity contribution in [3.8, 4) is 11.3 Å². The molecular formula is C19H19N3. The Bertz CT molecular complexity index is 865. The predicted molar refractivity (Wildman–Crippen MR) is 92.3 cm³/mol. The zero-order chi connectivity index (χ0) is 15.7. The topological polar surface area (TPSA) is 51.8 Å². The molecule has 2 aromatic heterocycles. The minimum atomic E-state index is 0.766. The van der Waals surface area contributed by atoms with Crippen LogP contribution in [0.2, 0.25) is 0 Å². The largest absolute Gasteiger partial charge is 0.398 e. The molecule has 0 atom stereocenters. The number of fused-ring (bicyclic) bond motifs is 1. The first-order valence-electron chi connectivity index (χ1n) is 7.34. The molecule has 1 aromatic carbocycles. The molecule has 3 rings (SSSR count). The van der Waals surface area contributed by atoms with Gasteiger partial charge in [-0.05, 0) is 50.6 Å². The Kier molecular flexibility index (Phi) is 3.63. The molecule has 0 saturated carbocycles. The van der Waals surface area contributed by atoms with Gasteiger partial charge in [0.2, 0.25) is 0 Å². The van der Waals surface area contributed by atoms with Crippen molar-refractivity contribution in [3.05, 3.63) is 65.5 Å². The van der Waals surface area contributed by atoms with Gasteiger partial charge >= 0.3 is 0 Å². The lowest BCUT2D eigenvalue weighted by Crippen LogP contribution is -2.00. The smallest absolute Gasteiger partial charge is 0.0745 e. The molecule has 0 saturated heterocycles. The molecule has 22 heavy (non-hydrogen) atoms. The van der Waals surface area contributed by atoms with Crippen molar-refractivity contribution in [3.63, 3.8) is 0 Å². The number of benzene rings is 1. The van der Waals surface area contributed by atoms with Crippen LogP contribution >= 0.6 is 0 Å². The lowest BCUT2D eigenvalue weighted by molar-refractivity contribution is 1.29. The first-order chi connectivity index (χ1) is 10.6. The summed E-state index contributed by atoms with van der Waals surface area (Å²) < 4.78 is 0. The first-order valence-corrected chi connectivity index (χ1v) is 7.34. The van der Waals surface area contributed by atoms with Crippen LogP contribution in [0.5, 0.6) is 0 Å². The van der Waals surface area contributed by atoms with Crippen molar-refractivity contribution in [1.29, 1.82) is 0 Å². The van der Waals surface area contributed by atoms with Gasteiger partial charge < -0.3 is 5.73 Å². The van der Waals surface area contributed by atoms with E-state index >= 15 is 0 Å². The van der Waals surface area contributed by atoms with Crippen LogP contribution in [0.3, 0.4) is 0 Å². The molecule has 0 aliphatic rings. The maximum absolute atomic E-state index is 6.23. The minimum absolute atomic E-state index is 0.766. The molecule has 110 valence electrons. The third kappa shape index (κ3) is 2.46. The average Bonchev–Trinajstić information content (AvgIpc) is 2.54. The number of hydrogen-bond donors (Lipinski definition) is 1. The quantitative estimate of drug-likeness (QED) is 0.768. The Labute approximate surface area is 130 Å². The number of allylic oxidation sites excluding steroid dienone is 1. The van der Waals surface area contributed by atoms with Gasteiger partial charge in [0.05, 0.1) is 11.2 Å². The number of pyridine rings is 2. The van der Waals surface area contributed by atoms with Crippen LogP contribution in [-0.2, 0) is 0 Å². The highest BCUT2D eigenvalue weighted by atomic mass is 14.7. The number of rotatable bonds is 2. The van der Waals surface area contributed by atoms with Crippen molar-refractivity contribution in [2.45, 2.75) is 20.8 Å². The van der Waals surface area contributed by atoms with E-state index in [1.807, 2.05) is 37.4 Å². The van der Waals surface area contributed by atoms with E-state index in [2.05, 4.69) is 31.0 Å². The standard InChI is InChI=1S/C19H19N3/c1-4-17(20)15-10-18(14-6-5-7-21-11-14)22-19-13(3)8-12(2)9-16(15)19/h4-11H,20H2,1-3H3/b17-4+. The number of nitrogens with two attached hydrogens (primary N) is 1. The van der Waals surface area contributed by atoms with E-state index in [-0.39, 0.29) is 0 Å². The summed E-state index contributed by atoms with van der Waals surface area (Å²) in [6.07, 6.45) is 5.52. The maximum atomic E-state index is 6.23. The number of aryl methyl sites for hydroxylation is 2. The van der Waals surface area contributed by atoms with Crippen molar-refractivity contribution in [2.24, 2.45) is 5.73 Å². The maximum Gasteiger partial charge on any atom is 0.0745 e. The summed E-state index contributed by atoms with van der Waals surface area (Å²) in [5.74, 6) is 0. The van der Waals surface area contributed by atoms with Crippen LogP contribution in [0, 0.1) is 13.8 Å². The van der Waals surface area contributed by atoms with Gasteiger partial charge in [-0.3, -0.25) is 4.98 Å². The van der Waals surface area contributed by atoms with E-state index in [0.717, 1.165) is 39.0 Å². The molecule has 3 aromatic rings. The summed E-state index contributed by atoms with van der Waals surface area (Å²) in [5, 5.41) is 1.10. The highest BCUT2D eigenvalue weighted by Crippen LogP contribution is 2.29. The zero-order valence-corrected chi connectivity index (χ0v) is 13.1. The van der Waals surface area contributed by atoms with Crippen molar-refractivity contribution in [1.82, 2.24) is 9.97 Å². The molecule has 0 bridgehead atoms. The second-order valence-electron chi connectivity index (χ2n) is 5.52. The van der Waals surface area contributed by atoms with Crippen molar-refractivity contribution >= 4 is 16.6 Å². The monoisotopic (exact) mass is 289 g/mol. The SMILES string of the molecule is C/C=C(/N)c1cc(-c2cccnc2)nc2c(C)cc(C)cc12. The molecule has 2 heterocycles. The van der Waals surface area contributed by atoms with Crippen molar-refractivity contribution in [2.75, 3.05) is 0 Å². The Balaban J connectivity index is 2.39. The molecule has 0 aliphatic carbocycles. The molecule has 0 aliphatic heterocycles. The Morgan fingerprint density at radius 3 is 2.68 bits per heavy atom. The van der Waals surface area contributed by atoms with Gasteiger partial charge in [0.15, 0.2) is 0 Å². The number of aromatic nitrogens is 2. The fourth-order valence-corrected chi connectivity index (χ4v) is 2.74. The summed E-state index contributed by atoms with van der Waals surface area (Å²) in [6.45, 7) is 6.14. The van der Waals surface area contributed by atoms with Gasteiger partial charge in [-0.15, -0.1) is 0 Å². The summed E-state index contributed by atoms with van der Waals surface area (Å²) in [7, 11) is 0. The van der Waals surface area contributed by atoms with Gasteiger partial charge in [-0.2, -0.15) is 0 Å². The average molecular weight is 289 g/mol. The van der Waals surface area contributed by atoms with Gasteiger partial charge in [0.25, 0.3) is 0 Å². The van der Waals surface area contributed by atoms with Crippen molar-refractivity contribution < 1.29 is 0 Å². The van der Waals surface area contributed by atoms with Gasteiger partial charge in [-0.1, -0.05) is 17.7 Å². The second kappa shape index (κ2) is 5.60. The molecular weight excluding hydrogens is 270 g/mol. The Hall–Kier alpha value is -2.68. The Morgan fingerprint density at radius 1 is 1.18 bits per heavy atom. The van der Waals surface area contributed by atoms with Gasteiger partial charge in [0, 0.05) is 34.6 Å². The van der Waals surface area contributed by atoms with Crippen LogP contribution in [0.1, 0.15) is 23.6 Å². The van der Waals surface area contributed by atoms with Crippen LogP contribution < -0.4 is 5.73 Å². The summed E-state index contributed by atoms with van der Waals surface area (Å²) in [6, 6.07) is 10.3. The zero-order valence-electron chi connectivity index (χ0n) is 13.1. The molecule has 3 heteroatoms. The van der Waals surface area contributed by atoms with Crippen LogP contribution in [0.25, 0.3) is 27.9 Å². The van der Waals surface area contributed by atoms with Crippen LogP contribution in [0.15, 0.2) is 48.8 Å². The predicted octanol–water partition coefficient (Wildman–Crippen LogP) is 4.23. The van der Waals surface area contributed by atoms with Gasteiger partial charge in [-0.25, -0.2) is 4.98 Å². The lowest BCUT2D eigenvalue weighted by Gasteiger charge is -2.12. The third-order valence-electron chi connectivity index (χ3n) is 3.83. The van der Waals surface area contributed by atoms with Crippen LogP contribution in [-0.4, -0.2) is 9.97 Å². The normalized spacial score (nSPS) is 11.9. The lowest BCUT2D eigenvalue weighted by atomic mass is 9.98. The Morgan fingerprint density at radius 2 is 2.00 bits per heavy atom. The van der Waals surface area contributed by atoms with E-state index < -0.39 is 0 Å². The highest BCUT2D eigenvalue weighted by Gasteiger charge is 2.11. The molecule has 2 N–H and O–H groups in total.